The fourth-order valence-corrected chi connectivity index (χ4v) is 4.24. The number of carbonyl (C=O) groups excluding carboxylic acids is 2. The Kier molecular flexibility index (Phi) is 5.93. The number of imide groups is 1. The summed E-state index contributed by atoms with van der Waals surface area (Å²) in [6, 6.07) is 12.3. The van der Waals surface area contributed by atoms with Crippen LogP contribution in [0.1, 0.15) is 18.9 Å². The van der Waals surface area contributed by atoms with Crippen molar-refractivity contribution in [2.24, 2.45) is 5.92 Å². The standard InChI is InChI=1S/C22H23ClN4O4/c1-15-12-21(28)26(22(15)29)18-6-7-19(20(13-18)27(30)31)25-10-8-24(9-11-25)14-16-2-4-17(23)5-3-16/h2-7,13,15H,8-12,14H2,1H3. The molecule has 0 aliphatic carbocycles. The van der Waals surface area contributed by atoms with Gasteiger partial charge in [-0.05, 0) is 29.8 Å². The SMILES string of the molecule is CC1CC(=O)N(c2ccc(N3CCN(Cc4ccc(Cl)cc4)CC3)c([N+](=O)[O-])c2)C1=O. The Hall–Kier alpha value is -2.97. The Labute approximate surface area is 185 Å². The van der Waals surface area contributed by atoms with Crippen molar-refractivity contribution in [1.29, 1.82) is 0 Å². The third kappa shape index (κ3) is 4.40. The van der Waals surface area contributed by atoms with Crippen LogP contribution in [0.5, 0.6) is 0 Å². The summed E-state index contributed by atoms with van der Waals surface area (Å²) >= 11 is 5.94. The third-order valence-electron chi connectivity index (χ3n) is 5.82. The smallest absolute Gasteiger partial charge is 0.294 e. The second-order valence-corrected chi connectivity index (χ2v) is 8.43. The van der Waals surface area contributed by atoms with Crippen LogP contribution in [0, 0.1) is 16.0 Å². The first-order chi connectivity index (χ1) is 14.8. The number of benzene rings is 2. The van der Waals surface area contributed by atoms with Gasteiger partial charge in [-0.15, -0.1) is 0 Å². The van der Waals surface area contributed by atoms with E-state index in [0.29, 0.717) is 23.8 Å². The van der Waals surface area contributed by atoms with Crippen molar-refractivity contribution in [3.63, 3.8) is 0 Å². The zero-order valence-electron chi connectivity index (χ0n) is 17.2. The molecule has 2 aliphatic rings. The normalized spacial score (nSPS) is 19.9. The van der Waals surface area contributed by atoms with Crippen molar-refractivity contribution in [1.82, 2.24) is 4.90 Å². The molecule has 162 valence electrons. The number of amides is 2. The monoisotopic (exact) mass is 442 g/mol. The highest BCUT2D eigenvalue weighted by Gasteiger charge is 2.37. The van der Waals surface area contributed by atoms with Crippen LogP contribution >= 0.6 is 11.6 Å². The minimum atomic E-state index is -0.451. The molecular weight excluding hydrogens is 420 g/mol. The predicted molar refractivity (Wildman–Crippen MR) is 118 cm³/mol. The quantitative estimate of drug-likeness (QED) is 0.400. The Morgan fingerprint density at radius 3 is 2.32 bits per heavy atom. The fourth-order valence-electron chi connectivity index (χ4n) is 4.11. The van der Waals surface area contributed by atoms with Crippen molar-refractivity contribution < 1.29 is 14.5 Å². The van der Waals surface area contributed by atoms with Crippen LogP contribution in [0.3, 0.4) is 0 Å². The topological polar surface area (TPSA) is 87.0 Å². The molecule has 9 heteroatoms. The molecule has 2 heterocycles. The average Bonchev–Trinajstić information content (AvgIpc) is 3.01. The van der Waals surface area contributed by atoms with Gasteiger partial charge in [-0.3, -0.25) is 29.5 Å². The van der Waals surface area contributed by atoms with Gasteiger partial charge in [-0.2, -0.15) is 0 Å². The number of hydrogen-bond acceptors (Lipinski definition) is 6. The van der Waals surface area contributed by atoms with Gasteiger partial charge in [0.2, 0.25) is 11.8 Å². The molecule has 2 fully saturated rings. The van der Waals surface area contributed by atoms with Crippen LogP contribution in [0.15, 0.2) is 42.5 Å². The first kappa shape index (κ1) is 21.3. The number of piperazine rings is 1. The highest BCUT2D eigenvalue weighted by Crippen LogP contribution is 2.35. The molecule has 2 aromatic rings. The molecule has 2 aliphatic heterocycles. The molecule has 0 bridgehead atoms. The number of anilines is 2. The first-order valence-corrected chi connectivity index (χ1v) is 10.6. The van der Waals surface area contributed by atoms with Crippen LogP contribution in [0.25, 0.3) is 0 Å². The van der Waals surface area contributed by atoms with E-state index < -0.39 is 10.8 Å². The Morgan fingerprint density at radius 1 is 1.06 bits per heavy atom. The minimum absolute atomic E-state index is 0.0937. The molecule has 0 spiro atoms. The van der Waals surface area contributed by atoms with Crippen molar-refractivity contribution in [3.8, 4) is 0 Å². The molecule has 1 atom stereocenters. The maximum absolute atomic E-state index is 12.3. The number of carbonyl (C=O) groups is 2. The molecule has 0 aromatic heterocycles. The molecule has 2 saturated heterocycles. The molecule has 0 radical (unpaired) electrons. The lowest BCUT2D eigenvalue weighted by atomic mass is 10.1. The molecule has 0 saturated carbocycles. The van der Waals surface area contributed by atoms with Gasteiger partial charge in [0.15, 0.2) is 0 Å². The summed E-state index contributed by atoms with van der Waals surface area (Å²) < 4.78 is 0. The van der Waals surface area contributed by atoms with Crippen LogP contribution in [-0.2, 0) is 16.1 Å². The number of halogens is 1. The van der Waals surface area contributed by atoms with E-state index in [4.69, 9.17) is 11.6 Å². The zero-order valence-corrected chi connectivity index (χ0v) is 17.9. The van der Waals surface area contributed by atoms with Gasteiger partial charge in [0.25, 0.3) is 5.69 Å². The molecule has 2 amide bonds. The molecule has 4 rings (SSSR count). The third-order valence-corrected chi connectivity index (χ3v) is 6.07. The highest BCUT2D eigenvalue weighted by atomic mass is 35.5. The summed E-state index contributed by atoms with van der Waals surface area (Å²) in [7, 11) is 0. The van der Waals surface area contributed by atoms with E-state index in [1.807, 2.05) is 29.2 Å². The lowest BCUT2D eigenvalue weighted by Gasteiger charge is -2.36. The fraction of sp³-hybridized carbons (Fsp3) is 0.364. The maximum Gasteiger partial charge on any atom is 0.294 e. The summed E-state index contributed by atoms with van der Waals surface area (Å²) in [4.78, 5) is 41.1. The number of nitro groups is 1. The molecule has 0 N–H and O–H groups in total. The van der Waals surface area contributed by atoms with Gasteiger partial charge in [0, 0.05) is 56.2 Å². The highest BCUT2D eigenvalue weighted by molar-refractivity contribution is 6.30. The molecule has 1 unspecified atom stereocenters. The van der Waals surface area contributed by atoms with Crippen LogP contribution in [0.4, 0.5) is 17.1 Å². The summed E-state index contributed by atoms with van der Waals surface area (Å²) in [6.07, 6.45) is 0.129. The van der Waals surface area contributed by atoms with Crippen molar-refractivity contribution in [2.45, 2.75) is 19.9 Å². The zero-order chi connectivity index (χ0) is 22.1. The average molecular weight is 443 g/mol. The molecule has 2 aromatic carbocycles. The summed E-state index contributed by atoms with van der Waals surface area (Å²) in [5.41, 5.74) is 1.84. The second kappa shape index (κ2) is 8.64. The van der Waals surface area contributed by atoms with E-state index in [2.05, 4.69) is 4.90 Å². The van der Waals surface area contributed by atoms with Gasteiger partial charge >= 0.3 is 0 Å². The molecular formula is C22H23ClN4O4. The van der Waals surface area contributed by atoms with E-state index in [1.54, 1.807) is 19.1 Å². The van der Waals surface area contributed by atoms with E-state index in [9.17, 15) is 19.7 Å². The van der Waals surface area contributed by atoms with Gasteiger partial charge in [-0.1, -0.05) is 30.7 Å². The van der Waals surface area contributed by atoms with E-state index in [-0.39, 0.29) is 29.6 Å². The Morgan fingerprint density at radius 2 is 1.74 bits per heavy atom. The lowest BCUT2D eigenvalue weighted by molar-refractivity contribution is -0.384. The van der Waals surface area contributed by atoms with Gasteiger partial charge in [0.05, 0.1) is 10.6 Å². The van der Waals surface area contributed by atoms with Gasteiger partial charge in [-0.25, -0.2) is 0 Å². The first-order valence-electron chi connectivity index (χ1n) is 10.2. The molecule has 8 nitrogen and oxygen atoms in total. The number of nitrogens with zero attached hydrogens (tertiary/aromatic N) is 4. The number of hydrogen-bond donors (Lipinski definition) is 0. The van der Waals surface area contributed by atoms with Crippen LogP contribution < -0.4 is 9.80 Å². The van der Waals surface area contributed by atoms with Crippen LogP contribution in [-0.4, -0.2) is 47.8 Å². The predicted octanol–water partition coefficient (Wildman–Crippen LogP) is 3.47. The van der Waals surface area contributed by atoms with Crippen molar-refractivity contribution in [2.75, 3.05) is 36.0 Å². The van der Waals surface area contributed by atoms with E-state index in [0.717, 1.165) is 24.5 Å². The number of nitro benzene ring substituents is 1. The lowest BCUT2D eigenvalue weighted by Crippen LogP contribution is -2.46. The van der Waals surface area contributed by atoms with Crippen molar-refractivity contribution >= 4 is 40.5 Å². The second-order valence-electron chi connectivity index (χ2n) is 7.99. The van der Waals surface area contributed by atoms with Crippen LogP contribution in [0.2, 0.25) is 5.02 Å². The Bertz CT molecular complexity index is 1020. The summed E-state index contributed by atoms with van der Waals surface area (Å²) in [5, 5.41) is 12.5. The molecule has 31 heavy (non-hydrogen) atoms. The van der Waals surface area contributed by atoms with E-state index in [1.165, 1.54) is 11.6 Å². The van der Waals surface area contributed by atoms with Gasteiger partial charge < -0.3 is 4.90 Å². The minimum Gasteiger partial charge on any atom is -0.363 e. The van der Waals surface area contributed by atoms with Crippen molar-refractivity contribution in [3.05, 3.63) is 63.2 Å². The largest absolute Gasteiger partial charge is 0.363 e. The summed E-state index contributed by atoms with van der Waals surface area (Å²) in [5.74, 6) is -1.04. The van der Waals surface area contributed by atoms with Gasteiger partial charge in [0.1, 0.15) is 5.69 Å². The number of rotatable bonds is 5. The summed E-state index contributed by atoms with van der Waals surface area (Å²) in [6.45, 7) is 5.30. The maximum atomic E-state index is 12.3. The Balaban J connectivity index is 1.48. The van der Waals surface area contributed by atoms with E-state index >= 15 is 0 Å².